The fourth-order valence-electron chi connectivity index (χ4n) is 2.78. The van der Waals surface area contributed by atoms with E-state index in [0.29, 0.717) is 44.2 Å². The van der Waals surface area contributed by atoms with Gasteiger partial charge in [0, 0.05) is 50.7 Å². The lowest BCUT2D eigenvalue weighted by Gasteiger charge is -2.33. The van der Waals surface area contributed by atoms with Crippen LogP contribution in [0.4, 0.5) is 5.95 Å². The Morgan fingerprint density at radius 2 is 1.74 bits per heavy atom. The van der Waals surface area contributed by atoms with E-state index in [4.69, 9.17) is 0 Å². The van der Waals surface area contributed by atoms with Crippen LogP contribution in [0.5, 0.6) is 0 Å². The molecular formula is C18H21N5O3S. The number of rotatable bonds is 6. The van der Waals surface area contributed by atoms with Crippen molar-refractivity contribution in [2.75, 3.05) is 37.6 Å². The molecule has 2 aromatic rings. The summed E-state index contributed by atoms with van der Waals surface area (Å²) in [5.74, 6) is 0.333. The van der Waals surface area contributed by atoms with Crippen LogP contribution in [0.3, 0.4) is 0 Å². The minimum Gasteiger partial charge on any atom is -0.349 e. The number of piperazine rings is 1. The number of anilines is 1. The van der Waals surface area contributed by atoms with Crippen molar-refractivity contribution in [3.8, 4) is 0 Å². The predicted molar refractivity (Wildman–Crippen MR) is 102 cm³/mol. The van der Waals surface area contributed by atoms with Gasteiger partial charge >= 0.3 is 0 Å². The lowest BCUT2D eigenvalue weighted by Crippen LogP contribution is -2.49. The van der Waals surface area contributed by atoms with E-state index in [2.05, 4.69) is 21.9 Å². The van der Waals surface area contributed by atoms with Crippen LogP contribution in [-0.2, 0) is 10.0 Å². The number of carbonyl (C=O) groups excluding carboxylic acids is 1. The van der Waals surface area contributed by atoms with Crippen molar-refractivity contribution in [2.24, 2.45) is 0 Å². The maximum Gasteiger partial charge on any atom is 0.251 e. The molecule has 1 aliphatic heterocycles. The zero-order chi connectivity index (χ0) is 19.3. The summed E-state index contributed by atoms with van der Waals surface area (Å²) in [7, 11) is -3.61. The largest absolute Gasteiger partial charge is 0.349 e. The monoisotopic (exact) mass is 387 g/mol. The second kappa shape index (κ2) is 8.28. The molecule has 9 heteroatoms. The van der Waals surface area contributed by atoms with Crippen molar-refractivity contribution in [3.63, 3.8) is 0 Å². The first-order chi connectivity index (χ1) is 13.0. The van der Waals surface area contributed by atoms with Gasteiger partial charge in [-0.2, -0.15) is 4.31 Å². The highest BCUT2D eigenvalue weighted by Gasteiger charge is 2.29. The van der Waals surface area contributed by atoms with Crippen molar-refractivity contribution in [3.05, 3.63) is 60.9 Å². The molecule has 0 radical (unpaired) electrons. The molecule has 1 N–H and O–H groups in total. The molecule has 1 aliphatic rings. The summed E-state index contributed by atoms with van der Waals surface area (Å²) in [6.07, 6.45) is 4.91. The first kappa shape index (κ1) is 19.0. The highest BCUT2D eigenvalue weighted by atomic mass is 32.2. The number of nitrogens with one attached hydrogen (secondary N) is 1. The molecular weight excluding hydrogens is 366 g/mol. The van der Waals surface area contributed by atoms with Gasteiger partial charge in [0.2, 0.25) is 16.0 Å². The molecule has 1 aromatic heterocycles. The topological polar surface area (TPSA) is 95.5 Å². The Hall–Kier alpha value is -2.78. The van der Waals surface area contributed by atoms with Crippen LogP contribution in [0.15, 0.2) is 60.3 Å². The first-order valence-electron chi connectivity index (χ1n) is 8.53. The fourth-order valence-corrected chi connectivity index (χ4v) is 4.20. The fraction of sp³-hybridized carbons (Fsp3) is 0.278. The lowest BCUT2D eigenvalue weighted by molar-refractivity contribution is 0.0958. The average molecular weight is 387 g/mol. The summed E-state index contributed by atoms with van der Waals surface area (Å²) in [5.41, 5.74) is 0.404. The van der Waals surface area contributed by atoms with E-state index in [1.54, 1.807) is 24.5 Å². The molecule has 0 aliphatic carbocycles. The van der Waals surface area contributed by atoms with E-state index in [-0.39, 0.29) is 10.8 Å². The van der Waals surface area contributed by atoms with Crippen LogP contribution in [0.2, 0.25) is 0 Å². The van der Waals surface area contributed by atoms with Gasteiger partial charge < -0.3 is 10.2 Å². The molecule has 1 saturated heterocycles. The zero-order valence-electron chi connectivity index (χ0n) is 14.8. The SMILES string of the molecule is C=CCNC(=O)c1ccc(S(=O)(=O)N2CCN(c3ncccn3)CC2)cc1. The van der Waals surface area contributed by atoms with Gasteiger partial charge in [0.05, 0.1) is 4.90 Å². The van der Waals surface area contributed by atoms with Gasteiger partial charge in [0.1, 0.15) is 0 Å². The third-order valence-electron chi connectivity index (χ3n) is 4.23. The van der Waals surface area contributed by atoms with Crippen molar-refractivity contribution >= 4 is 21.9 Å². The quantitative estimate of drug-likeness (QED) is 0.740. The molecule has 3 rings (SSSR count). The maximum absolute atomic E-state index is 12.8. The molecule has 1 amide bonds. The second-order valence-electron chi connectivity index (χ2n) is 5.96. The standard InChI is InChI=1S/C18H21N5O3S/c1-2-8-19-17(24)15-4-6-16(7-5-15)27(25,26)23-13-11-22(12-14-23)18-20-9-3-10-21-18/h2-7,9-10H,1,8,11-14H2,(H,19,24). The number of hydrogen-bond donors (Lipinski definition) is 1. The number of aromatic nitrogens is 2. The van der Waals surface area contributed by atoms with Crippen molar-refractivity contribution in [1.82, 2.24) is 19.6 Å². The van der Waals surface area contributed by atoms with Crippen LogP contribution in [0.1, 0.15) is 10.4 Å². The Morgan fingerprint density at radius 3 is 2.33 bits per heavy atom. The van der Waals surface area contributed by atoms with E-state index in [1.807, 2.05) is 4.90 Å². The minimum absolute atomic E-state index is 0.173. The molecule has 1 fully saturated rings. The molecule has 0 saturated carbocycles. The molecule has 0 atom stereocenters. The summed E-state index contributed by atoms with van der Waals surface area (Å²) in [5, 5.41) is 2.66. The summed E-state index contributed by atoms with van der Waals surface area (Å²) in [4.78, 5) is 22.4. The Morgan fingerprint density at radius 1 is 1.11 bits per heavy atom. The number of hydrogen-bond acceptors (Lipinski definition) is 6. The van der Waals surface area contributed by atoms with Gasteiger partial charge in [-0.15, -0.1) is 6.58 Å². The van der Waals surface area contributed by atoms with Crippen LogP contribution >= 0.6 is 0 Å². The van der Waals surface area contributed by atoms with Crippen LogP contribution in [-0.4, -0.2) is 61.3 Å². The van der Waals surface area contributed by atoms with Crippen molar-refractivity contribution in [1.29, 1.82) is 0 Å². The average Bonchev–Trinajstić information content (AvgIpc) is 2.73. The maximum atomic E-state index is 12.8. The van der Waals surface area contributed by atoms with Crippen LogP contribution < -0.4 is 10.2 Å². The third-order valence-corrected chi connectivity index (χ3v) is 6.15. The molecule has 27 heavy (non-hydrogen) atoms. The Bertz CT molecular complexity index is 892. The normalized spacial score (nSPS) is 15.3. The van der Waals surface area contributed by atoms with E-state index >= 15 is 0 Å². The number of carbonyl (C=O) groups is 1. The molecule has 142 valence electrons. The van der Waals surface area contributed by atoms with Gasteiger partial charge in [-0.25, -0.2) is 18.4 Å². The Labute approximate surface area is 158 Å². The molecule has 2 heterocycles. The Balaban J connectivity index is 1.66. The zero-order valence-corrected chi connectivity index (χ0v) is 15.6. The minimum atomic E-state index is -3.61. The second-order valence-corrected chi connectivity index (χ2v) is 7.90. The van der Waals surface area contributed by atoms with Gasteiger partial charge in [-0.3, -0.25) is 4.79 Å². The number of amides is 1. The summed E-state index contributed by atoms with van der Waals surface area (Å²) in [6.45, 7) is 5.63. The highest BCUT2D eigenvalue weighted by Crippen LogP contribution is 2.19. The molecule has 0 unspecified atom stereocenters. The summed E-state index contributed by atoms with van der Waals surface area (Å²) >= 11 is 0. The number of benzene rings is 1. The van der Waals surface area contributed by atoms with Gasteiger partial charge in [0.15, 0.2) is 0 Å². The van der Waals surface area contributed by atoms with E-state index in [0.717, 1.165) is 0 Å². The first-order valence-corrected chi connectivity index (χ1v) is 9.97. The van der Waals surface area contributed by atoms with Crippen LogP contribution in [0, 0.1) is 0 Å². The summed E-state index contributed by atoms with van der Waals surface area (Å²) in [6, 6.07) is 7.69. The molecule has 0 bridgehead atoms. The van der Waals surface area contributed by atoms with Gasteiger partial charge in [-0.1, -0.05) is 6.08 Å². The highest BCUT2D eigenvalue weighted by molar-refractivity contribution is 7.89. The third kappa shape index (κ3) is 4.32. The lowest BCUT2D eigenvalue weighted by atomic mass is 10.2. The van der Waals surface area contributed by atoms with Gasteiger partial charge in [0.25, 0.3) is 5.91 Å². The smallest absolute Gasteiger partial charge is 0.251 e. The molecule has 0 spiro atoms. The summed E-state index contributed by atoms with van der Waals surface area (Å²) < 4.78 is 27.1. The molecule has 1 aromatic carbocycles. The molecule has 8 nitrogen and oxygen atoms in total. The number of sulfonamides is 1. The Kier molecular flexibility index (Phi) is 5.82. The van der Waals surface area contributed by atoms with Crippen molar-refractivity contribution in [2.45, 2.75) is 4.90 Å². The van der Waals surface area contributed by atoms with E-state index in [1.165, 1.54) is 28.6 Å². The van der Waals surface area contributed by atoms with E-state index in [9.17, 15) is 13.2 Å². The predicted octanol–water partition coefficient (Wildman–Crippen LogP) is 0.903. The number of nitrogens with zero attached hydrogens (tertiary/aromatic N) is 4. The van der Waals surface area contributed by atoms with Crippen molar-refractivity contribution < 1.29 is 13.2 Å². The van der Waals surface area contributed by atoms with Gasteiger partial charge in [-0.05, 0) is 30.3 Å². The van der Waals surface area contributed by atoms with E-state index < -0.39 is 10.0 Å². The van der Waals surface area contributed by atoms with Crippen LogP contribution in [0.25, 0.3) is 0 Å².